The van der Waals surface area contributed by atoms with Gasteiger partial charge < -0.3 is 35.8 Å². The average Bonchev–Trinajstić information content (AvgIpc) is 3.12. The van der Waals surface area contributed by atoms with Crippen LogP contribution < -0.4 is 16.0 Å². The molecule has 0 aliphatic heterocycles. The lowest BCUT2D eigenvalue weighted by atomic mass is 9.88. The molecule has 0 aromatic heterocycles. The van der Waals surface area contributed by atoms with Crippen molar-refractivity contribution >= 4 is 33.8 Å². The Morgan fingerprint density at radius 2 is 1.14 bits per heavy atom. The summed E-state index contributed by atoms with van der Waals surface area (Å²) in [6.07, 6.45) is -1.73. The van der Waals surface area contributed by atoms with Gasteiger partial charge in [-0.2, -0.15) is 0 Å². The highest BCUT2D eigenvalue weighted by Crippen LogP contribution is 2.22. The van der Waals surface area contributed by atoms with Gasteiger partial charge >= 0.3 is 6.09 Å². The second-order valence-electron chi connectivity index (χ2n) is 17.9. The number of aliphatic hydroxyl groups is 2. The Morgan fingerprint density at radius 1 is 0.667 bits per heavy atom. The highest BCUT2D eigenvalue weighted by Gasteiger charge is 2.29. The van der Waals surface area contributed by atoms with Gasteiger partial charge in [-0.15, -0.1) is 0 Å². The van der Waals surface area contributed by atoms with Crippen LogP contribution in [0, 0.1) is 28.7 Å². The Kier molecular flexibility index (Phi) is 20.2. The molecule has 0 unspecified atom stereocenters. The topological polar surface area (TPSA) is 140 Å². The smallest absolute Gasteiger partial charge is 0.410 e. The number of carbonyl (C=O) groups excluding carboxylic acids is 3. The van der Waals surface area contributed by atoms with E-state index in [1.54, 1.807) is 20.8 Å². The number of hydrogen-bond acceptors (Lipinski definition) is 7. The number of rotatable bonds is 17. The molecule has 0 saturated heterocycles. The average molecular weight is 946 g/mol. The van der Waals surface area contributed by atoms with Crippen molar-refractivity contribution in [2.45, 2.75) is 118 Å². The zero-order valence-electron chi connectivity index (χ0n) is 37.2. The van der Waals surface area contributed by atoms with E-state index in [1.165, 1.54) is 36.4 Å². The second-order valence-corrected chi connectivity index (χ2v) is 18.8. The van der Waals surface area contributed by atoms with E-state index in [2.05, 4.69) is 64.8 Å². The zero-order chi connectivity index (χ0) is 47.1. The molecule has 0 saturated carbocycles. The lowest BCUT2D eigenvalue weighted by Gasteiger charge is -2.32. The number of hydrogen-bond donors (Lipinski definition) is 5. The standard InChI is InChI=1S/C24H29BrF2N2O4.C24H32F2N2O2/c1-15(30)28-21(11-17-9-19(26)12-20(27)10-17)22(31)14-29(23(32)33-24(2,3)4)13-16-6-5-7-18(25)8-16;1-16(29)28-22(11-19-9-20(25)12-21(26)10-19)23(30)15-27-14-18-7-5-6-17(8-18)13-24(2,3)4/h5-10,12,21-22,31H,11,13-14H2,1-4H3,(H,28,30);5-10,12,22-23,27,30H,11,13-15H2,1-4H3,(H,28,29)/t21-,22+;22-,23+/m00/s1. The van der Waals surface area contributed by atoms with Crippen LogP contribution in [0.5, 0.6) is 0 Å². The zero-order valence-corrected chi connectivity index (χ0v) is 38.8. The summed E-state index contributed by atoms with van der Waals surface area (Å²) in [6.45, 7) is 15.2. The molecule has 4 atom stereocenters. The van der Waals surface area contributed by atoms with E-state index < -0.39 is 65.2 Å². The van der Waals surface area contributed by atoms with Gasteiger partial charge in [0.1, 0.15) is 28.9 Å². The fourth-order valence-corrected chi connectivity index (χ4v) is 7.21. The molecule has 0 aliphatic rings. The molecule has 4 rings (SSSR count). The van der Waals surface area contributed by atoms with Gasteiger partial charge in [0, 0.05) is 50.1 Å². The monoisotopic (exact) mass is 944 g/mol. The van der Waals surface area contributed by atoms with Crippen LogP contribution >= 0.6 is 15.9 Å². The van der Waals surface area contributed by atoms with Crippen molar-refractivity contribution in [2.24, 2.45) is 5.41 Å². The van der Waals surface area contributed by atoms with E-state index in [9.17, 15) is 42.2 Å². The third-order valence-corrected chi connectivity index (χ3v) is 9.69. The van der Waals surface area contributed by atoms with E-state index in [-0.39, 0.29) is 49.4 Å². The first-order valence-corrected chi connectivity index (χ1v) is 21.4. The van der Waals surface area contributed by atoms with E-state index in [1.807, 2.05) is 36.4 Å². The predicted octanol–water partition coefficient (Wildman–Crippen LogP) is 8.32. The number of halogens is 5. The van der Waals surface area contributed by atoms with Gasteiger partial charge in [0.05, 0.1) is 30.8 Å². The maximum Gasteiger partial charge on any atom is 0.410 e. The molecule has 0 bridgehead atoms. The van der Waals surface area contributed by atoms with Crippen LogP contribution in [0.2, 0.25) is 0 Å². The normalized spacial score (nSPS) is 13.4. The van der Waals surface area contributed by atoms with Crippen molar-refractivity contribution in [3.63, 3.8) is 0 Å². The Labute approximate surface area is 376 Å². The maximum atomic E-state index is 13.6. The van der Waals surface area contributed by atoms with Crippen molar-refractivity contribution in [2.75, 3.05) is 13.1 Å². The summed E-state index contributed by atoms with van der Waals surface area (Å²) < 4.78 is 60.5. The van der Waals surface area contributed by atoms with Gasteiger partial charge in [-0.3, -0.25) is 9.59 Å². The molecule has 0 aliphatic carbocycles. The molecule has 5 N–H and O–H groups in total. The summed E-state index contributed by atoms with van der Waals surface area (Å²) in [5.41, 5.74) is 3.24. The van der Waals surface area contributed by atoms with Gasteiger partial charge in [-0.1, -0.05) is 73.1 Å². The fraction of sp³-hybridized carbons (Fsp3) is 0.438. The summed E-state index contributed by atoms with van der Waals surface area (Å²) in [5.74, 6) is -3.63. The van der Waals surface area contributed by atoms with E-state index in [0.29, 0.717) is 12.1 Å². The first-order valence-electron chi connectivity index (χ1n) is 20.7. The van der Waals surface area contributed by atoms with Crippen LogP contribution in [0.3, 0.4) is 0 Å². The van der Waals surface area contributed by atoms with Crippen LogP contribution in [0.4, 0.5) is 22.4 Å². The molecule has 10 nitrogen and oxygen atoms in total. The van der Waals surface area contributed by atoms with Crippen LogP contribution in [0.15, 0.2) is 89.4 Å². The van der Waals surface area contributed by atoms with Gasteiger partial charge in [0.15, 0.2) is 0 Å². The van der Waals surface area contributed by atoms with Gasteiger partial charge in [-0.05, 0) is 110 Å². The molecule has 15 heteroatoms. The Morgan fingerprint density at radius 3 is 1.62 bits per heavy atom. The van der Waals surface area contributed by atoms with Crippen molar-refractivity contribution in [1.29, 1.82) is 0 Å². The first kappa shape index (κ1) is 52.5. The lowest BCUT2D eigenvalue weighted by Crippen LogP contribution is -2.50. The lowest BCUT2D eigenvalue weighted by molar-refractivity contribution is -0.121. The Hall–Kier alpha value is -4.83. The summed E-state index contributed by atoms with van der Waals surface area (Å²) >= 11 is 3.40. The van der Waals surface area contributed by atoms with Crippen molar-refractivity contribution in [1.82, 2.24) is 20.9 Å². The van der Waals surface area contributed by atoms with Crippen LogP contribution in [0.25, 0.3) is 0 Å². The van der Waals surface area contributed by atoms with Crippen LogP contribution in [-0.2, 0) is 46.7 Å². The fourth-order valence-electron chi connectivity index (χ4n) is 6.76. The molecule has 4 aromatic rings. The number of amides is 3. The molecule has 0 spiro atoms. The largest absolute Gasteiger partial charge is 0.444 e. The molecule has 0 radical (unpaired) electrons. The van der Waals surface area contributed by atoms with Crippen LogP contribution in [-0.4, -0.2) is 76.0 Å². The highest BCUT2D eigenvalue weighted by molar-refractivity contribution is 9.10. The van der Waals surface area contributed by atoms with Gasteiger partial charge in [0.2, 0.25) is 11.8 Å². The molecule has 63 heavy (non-hydrogen) atoms. The third-order valence-electron chi connectivity index (χ3n) is 9.19. The third kappa shape index (κ3) is 20.9. The van der Waals surface area contributed by atoms with E-state index in [0.717, 1.165) is 46.3 Å². The highest BCUT2D eigenvalue weighted by atomic mass is 79.9. The van der Waals surface area contributed by atoms with E-state index >= 15 is 0 Å². The number of benzene rings is 4. The van der Waals surface area contributed by atoms with Gasteiger partial charge in [-0.25, -0.2) is 22.4 Å². The Balaban J connectivity index is 0.000000337. The summed E-state index contributed by atoms with van der Waals surface area (Å²) in [4.78, 5) is 37.5. The van der Waals surface area contributed by atoms with Crippen molar-refractivity contribution in [3.8, 4) is 0 Å². The quantitative estimate of drug-likeness (QED) is 0.0672. The summed E-state index contributed by atoms with van der Waals surface area (Å²) in [6, 6.07) is 20.3. The van der Waals surface area contributed by atoms with E-state index in [4.69, 9.17) is 4.74 Å². The second kappa shape index (κ2) is 24.3. The van der Waals surface area contributed by atoms with Crippen LogP contribution in [0.1, 0.15) is 83.2 Å². The summed E-state index contributed by atoms with van der Waals surface area (Å²) in [5, 5.41) is 30.0. The molecule has 4 aromatic carbocycles. The number of aliphatic hydroxyl groups excluding tert-OH is 2. The number of nitrogens with one attached hydrogen (secondary N) is 3. The molecule has 0 heterocycles. The Bertz CT molecular complexity index is 2090. The number of carbonyl (C=O) groups is 3. The molecule has 344 valence electrons. The van der Waals surface area contributed by atoms with Crippen molar-refractivity contribution in [3.05, 3.63) is 140 Å². The first-order chi connectivity index (χ1) is 29.3. The van der Waals surface area contributed by atoms with Crippen molar-refractivity contribution < 1.29 is 46.9 Å². The minimum atomic E-state index is -1.24. The SMILES string of the molecule is CC(=O)N[C@@H](Cc1cc(F)cc(F)c1)[C@H](O)CN(Cc1cccc(Br)c1)C(=O)OC(C)(C)C.CC(=O)N[C@@H](Cc1cc(F)cc(F)c1)[C@H](O)CNCc1cccc(CC(C)(C)C)c1. The molecule has 3 amide bonds. The molecule has 0 fully saturated rings. The minimum absolute atomic E-state index is 0.0333. The number of ether oxygens (including phenoxy) is 1. The molecular weight excluding hydrogens is 884 g/mol. The summed E-state index contributed by atoms with van der Waals surface area (Å²) in [7, 11) is 0. The predicted molar refractivity (Wildman–Crippen MR) is 239 cm³/mol. The van der Waals surface area contributed by atoms with Gasteiger partial charge in [0.25, 0.3) is 0 Å². The number of nitrogens with zero attached hydrogens (tertiary/aromatic N) is 1. The minimum Gasteiger partial charge on any atom is -0.444 e. The maximum absolute atomic E-state index is 13.6. The molecular formula is C48H61BrF4N4O6.